The number of hydrogen-bond acceptors (Lipinski definition) is 7. The highest BCUT2D eigenvalue weighted by molar-refractivity contribution is 14.1. The predicted molar refractivity (Wildman–Crippen MR) is 159 cm³/mol. The van der Waals surface area contributed by atoms with Gasteiger partial charge in [-0.3, -0.25) is 9.59 Å². The highest BCUT2D eigenvalue weighted by Crippen LogP contribution is 2.39. The van der Waals surface area contributed by atoms with Gasteiger partial charge in [-0.15, -0.1) is 0 Å². The number of methoxy groups -OCH3 is 1. The quantitative estimate of drug-likeness (QED) is 0.266. The first-order valence-electron chi connectivity index (χ1n) is 14.6. The van der Waals surface area contributed by atoms with Crippen LogP contribution in [0.4, 0.5) is 0 Å². The molecule has 0 aliphatic heterocycles. The van der Waals surface area contributed by atoms with Crippen LogP contribution in [-0.2, 0) is 16.2 Å². The summed E-state index contributed by atoms with van der Waals surface area (Å²) in [6.45, 7) is -0.239. The molecule has 0 aromatic heterocycles. The summed E-state index contributed by atoms with van der Waals surface area (Å²) in [7, 11) is 1.51. The molecule has 0 radical (unpaired) electrons. The van der Waals surface area contributed by atoms with E-state index in [1.54, 1.807) is 18.2 Å². The van der Waals surface area contributed by atoms with E-state index in [1.807, 2.05) is 4.90 Å². The van der Waals surface area contributed by atoms with Crippen molar-refractivity contribution in [3.05, 3.63) is 32.9 Å². The van der Waals surface area contributed by atoms with E-state index in [9.17, 15) is 24.9 Å². The van der Waals surface area contributed by atoms with Gasteiger partial charge in [-0.05, 0) is 78.0 Å². The smallest absolute Gasteiger partial charge is 0.247 e. The van der Waals surface area contributed by atoms with Crippen LogP contribution in [0.1, 0.15) is 76.2 Å². The summed E-state index contributed by atoms with van der Waals surface area (Å²) in [5.74, 6) is 0.885. The summed E-state index contributed by atoms with van der Waals surface area (Å²) in [5.41, 5.74) is 1.08. The third-order valence-corrected chi connectivity index (χ3v) is 9.29. The van der Waals surface area contributed by atoms with Gasteiger partial charge in [0.15, 0.2) is 11.5 Å². The number of carbonyl (C=O) groups is 2. The lowest BCUT2D eigenvalue weighted by molar-refractivity contribution is -0.144. The van der Waals surface area contributed by atoms with E-state index in [1.165, 1.54) is 7.11 Å². The molecular weight excluding hydrogens is 627 g/mol. The molecule has 3 aliphatic rings. The summed E-state index contributed by atoms with van der Waals surface area (Å²) in [4.78, 5) is 29.0. The Kier molecular flexibility index (Phi) is 11.5. The highest BCUT2D eigenvalue weighted by Gasteiger charge is 2.43. The Morgan fingerprint density at radius 1 is 1.07 bits per heavy atom. The Morgan fingerprint density at radius 2 is 1.77 bits per heavy atom. The molecule has 1 aromatic rings. The number of aliphatic hydroxyl groups excluding tert-OH is 3. The van der Waals surface area contributed by atoms with Crippen molar-refractivity contribution in [3.8, 4) is 11.5 Å². The summed E-state index contributed by atoms with van der Waals surface area (Å²) in [5, 5.41) is 33.4. The molecule has 4 N–H and O–H groups in total. The fourth-order valence-electron chi connectivity index (χ4n) is 6.45. The lowest BCUT2D eigenvalue weighted by Gasteiger charge is -2.45. The molecule has 3 aliphatic carbocycles. The van der Waals surface area contributed by atoms with Gasteiger partial charge in [-0.2, -0.15) is 0 Å². The normalized spacial score (nSPS) is 23.9. The number of nitrogens with one attached hydrogen (secondary N) is 1. The SMILES string of the molecule is COc1cc(CO)cc(I)c1OC1C=C(C(=O)NCCO)CC(N(C(=O)CC2CCCC2)C2CCCCC2)C1O. The highest BCUT2D eigenvalue weighted by atomic mass is 127. The zero-order valence-electron chi connectivity index (χ0n) is 23.3. The number of benzene rings is 1. The van der Waals surface area contributed by atoms with E-state index in [2.05, 4.69) is 27.9 Å². The first kappa shape index (κ1) is 31.1. The lowest BCUT2D eigenvalue weighted by Crippen LogP contribution is -2.58. The van der Waals surface area contributed by atoms with Crippen LogP contribution in [0.2, 0.25) is 0 Å². The zero-order valence-corrected chi connectivity index (χ0v) is 25.5. The molecular formula is C30H43IN2O7. The molecule has 4 rings (SSSR count). The van der Waals surface area contributed by atoms with Crippen LogP contribution in [0.25, 0.3) is 0 Å². The second kappa shape index (κ2) is 14.8. The molecule has 0 spiro atoms. The molecule has 2 fully saturated rings. The maximum absolute atomic E-state index is 14.0. The molecule has 9 nitrogen and oxygen atoms in total. The number of aliphatic hydroxyl groups is 3. The van der Waals surface area contributed by atoms with E-state index < -0.39 is 18.2 Å². The second-order valence-electron chi connectivity index (χ2n) is 11.2. The number of nitrogens with zero attached hydrogens (tertiary/aromatic N) is 1. The van der Waals surface area contributed by atoms with E-state index in [0.717, 1.165) is 57.8 Å². The Morgan fingerprint density at radius 3 is 2.42 bits per heavy atom. The molecule has 0 bridgehead atoms. The van der Waals surface area contributed by atoms with Crippen LogP contribution in [0.15, 0.2) is 23.8 Å². The fourth-order valence-corrected chi connectivity index (χ4v) is 7.24. The average Bonchev–Trinajstić information content (AvgIpc) is 3.47. The van der Waals surface area contributed by atoms with Crippen LogP contribution >= 0.6 is 22.6 Å². The summed E-state index contributed by atoms with van der Waals surface area (Å²) < 4.78 is 12.6. The third-order valence-electron chi connectivity index (χ3n) is 8.49. The zero-order chi connectivity index (χ0) is 28.6. The van der Waals surface area contributed by atoms with Crippen molar-refractivity contribution < 1.29 is 34.4 Å². The molecule has 222 valence electrons. The van der Waals surface area contributed by atoms with E-state index in [-0.39, 0.29) is 44.0 Å². The molecule has 2 saturated carbocycles. The predicted octanol–water partition coefficient (Wildman–Crippen LogP) is 3.45. The van der Waals surface area contributed by atoms with Crippen molar-refractivity contribution >= 4 is 34.4 Å². The van der Waals surface area contributed by atoms with Gasteiger partial charge < -0.3 is 35.0 Å². The van der Waals surface area contributed by atoms with Crippen molar-refractivity contribution in [1.82, 2.24) is 10.2 Å². The van der Waals surface area contributed by atoms with E-state index in [0.29, 0.717) is 38.5 Å². The summed E-state index contributed by atoms with van der Waals surface area (Å²) in [6, 6.07) is 2.86. The number of carbonyl (C=O) groups excluding carboxylic acids is 2. The number of halogens is 1. The Bertz CT molecular complexity index is 1050. The maximum atomic E-state index is 14.0. The second-order valence-corrected chi connectivity index (χ2v) is 12.4. The van der Waals surface area contributed by atoms with Crippen molar-refractivity contribution in [2.45, 2.75) is 102 Å². The van der Waals surface area contributed by atoms with Gasteiger partial charge in [0, 0.05) is 31.0 Å². The third kappa shape index (κ3) is 7.49. The molecule has 10 heteroatoms. The summed E-state index contributed by atoms with van der Waals surface area (Å²) >= 11 is 2.10. The average molecular weight is 671 g/mol. The number of amides is 2. The topological polar surface area (TPSA) is 129 Å². The fraction of sp³-hybridized carbons (Fsp3) is 0.667. The van der Waals surface area contributed by atoms with Gasteiger partial charge >= 0.3 is 0 Å². The van der Waals surface area contributed by atoms with Gasteiger partial charge in [-0.1, -0.05) is 32.1 Å². The summed E-state index contributed by atoms with van der Waals surface area (Å²) in [6.07, 6.45) is 9.71. The molecule has 1 aromatic carbocycles. The Labute approximate surface area is 250 Å². The first-order chi connectivity index (χ1) is 19.4. The minimum Gasteiger partial charge on any atom is -0.493 e. The van der Waals surface area contributed by atoms with Crippen LogP contribution in [0, 0.1) is 9.49 Å². The molecule has 3 atom stereocenters. The molecule has 0 saturated heterocycles. The van der Waals surface area contributed by atoms with Crippen LogP contribution in [0.3, 0.4) is 0 Å². The molecule has 2 amide bonds. The van der Waals surface area contributed by atoms with Crippen LogP contribution < -0.4 is 14.8 Å². The first-order valence-corrected chi connectivity index (χ1v) is 15.7. The Hall–Kier alpha value is -1.89. The van der Waals surface area contributed by atoms with E-state index in [4.69, 9.17) is 9.47 Å². The minimum absolute atomic E-state index is 0.0151. The minimum atomic E-state index is -1.07. The molecule has 0 heterocycles. The van der Waals surface area contributed by atoms with Crippen LogP contribution in [-0.4, -0.2) is 76.6 Å². The monoisotopic (exact) mass is 670 g/mol. The lowest BCUT2D eigenvalue weighted by atomic mass is 9.84. The van der Waals surface area contributed by atoms with Gasteiger partial charge in [0.05, 0.1) is 29.9 Å². The number of hydrogen-bond donors (Lipinski definition) is 4. The van der Waals surface area contributed by atoms with Crippen molar-refractivity contribution in [2.75, 3.05) is 20.3 Å². The van der Waals surface area contributed by atoms with Gasteiger partial charge in [0.2, 0.25) is 11.8 Å². The van der Waals surface area contributed by atoms with Gasteiger partial charge in [0.25, 0.3) is 0 Å². The molecule has 40 heavy (non-hydrogen) atoms. The maximum Gasteiger partial charge on any atom is 0.247 e. The Balaban J connectivity index is 1.69. The largest absolute Gasteiger partial charge is 0.493 e. The number of rotatable bonds is 11. The van der Waals surface area contributed by atoms with Gasteiger partial charge in [-0.25, -0.2) is 0 Å². The van der Waals surface area contributed by atoms with E-state index >= 15 is 0 Å². The van der Waals surface area contributed by atoms with Crippen LogP contribution in [0.5, 0.6) is 11.5 Å². The van der Waals surface area contributed by atoms with Crippen molar-refractivity contribution in [3.63, 3.8) is 0 Å². The number of ether oxygens (including phenoxy) is 2. The standard InChI is InChI=1S/C30H43IN2O7/c1-39-26-14-20(18-35)13-23(31)29(26)40-25-17-21(30(38)32-11-12-34)16-24(28(25)37)33(22-9-3-2-4-10-22)27(36)15-19-7-5-6-8-19/h13-14,17,19,22,24-25,28,34-35,37H,2-12,15-16,18H2,1H3,(H,32,38). The van der Waals surface area contributed by atoms with Crippen molar-refractivity contribution in [1.29, 1.82) is 0 Å². The van der Waals surface area contributed by atoms with Crippen molar-refractivity contribution in [2.24, 2.45) is 5.92 Å². The molecule has 3 unspecified atom stereocenters. The van der Waals surface area contributed by atoms with Gasteiger partial charge in [0.1, 0.15) is 12.2 Å².